The Morgan fingerprint density at radius 2 is 1.88 bits per heavy atom. The van der Waals surface area contributed by atoms with E-state index in [9.17, 15) is 15.2 Å². The second kappa shape index (κ2) is 11.4. The Kier molecular flexibility index (Phi) is 9.73. The van der Waals surface area contributed by atoms with Crippen molar-refractivity contribution in [3.8, 4) is 0 Å². The highest BCUT2D eigenvalue weighted by Crippen LogP contribution is 2.42. The van der Waals surface area contributed by atoms with E-state index in [-0.39, 0.29) is 16.7 Å². The summed E-state index contributed by atoms with van der Waals surface area (Å²) in [5.74, 6) is 0.608. The van der Waals surface area contributed by atoms with Gasteiger partial charge < -0.3 is 15.6 Å². The van der Waals surface area contributed by atoms with Gasteiger partial charge in [-0.15, -0.1) is 4.91 Å². The van der Waals surface area contributed by atoms with E-state index in [1.165, 1.54) is 11.5 Å². The van der Waals surface area contributed by atoms with Gasteiger partial charge in [-0.2, -0.15) is 5.06 Å². The monoisotopic (exact) mass is 465 g/mol. The van der Waals surface area contributed by atoms with Gasteiger partial charge in [-0.25, -0.2) is 0 Å². The van der Waals surface area contributed by atoms with Gasteiger partial charge in [0.25, 0.3) is 0 Å². The van der Waals surface area contributed by atoms with E-state index in [0.29, 0.717) is 19.0 Å². The Hall–Kier alpha value is -0.990. The topological polar surface area (TPSA) is 85.2 Å². The van der Waals surface area contributed by atoms with Crippen LogP contribution in [0.25, 0.3) is 0 Å². The quantitative estimate of drug-likeness (QED) is 0.207. The van der Waals surface area contributed by atoms with Crippen LogP contribution in [0.5, 0.6) is 0 Å². The van der Waals surface area contributed by atoms with Crippen LogP contribution in [0.1, 0.15) is 103 Å². The average Bonchev–Trinajstić information content (AvgIpc) is 2.76. The molecule has 0 radical (unpaired) electrons. The van der Waals surface area contributed by atoms with Crippen molar-refractivity contribution in [3.63, 3.8) is 0 Å². The fourth-order valence-electron chi connectivity index (χ4n) is 5.11. The molecule has 1 fully saturated rings. The van der Waals surface area contributed by atoms with Gasteiger partial charge in [-0.3, -0.25) is 0 Å². The molecule has 0 bridgehead atoms. The van der Waals surface area contributed by atoms with Gasteiger partial charge in [0.05, 0.1) is 11.6 Å². The van der Waals surface area contributed by atoms with Gasteiger partial charge in [0.1, 0.15) is 0 Å². The zero-order chi connectivity index (χ0) is 24.1. The van der Waals surface area contributed by atoms with E-state index in [2.05, 4.69) is 43.7 Å². The summed E-state index contributed by atoms with van der Waals surface area (Å²) < 4.78 is 2.88. The normalized spacial score (nSPS) is 21.2. The molecule has 182 valence electrons. The summed E-state index contributed by atoms with van der Waals surface area (Å²) in [5, 5.41) is 26.4. The van der Waals surface area contributed by atoms with Crippen LogP contribution in [0.15, 0.2) is 22.8 Å². The van der Waals surface area contributed by atoms with Crippen LogP contribution in [0.2, 0.25) is 0 Å². The Labute approximate surface area is 198 Å². The SMILES string of the molecule is CCN(O)C(C)(C)c1ccc(C(O)CNC2CCCCC2C(C)(C)SN=O)cc1C(C)C. The summed E-state index contributed by atoms with van der Waals surface area (Å²) in [5.41, 5.74) is 2.59. The number of nitrogens with one attached hydrogen (secondary N) is 1. The van der Waals surface area contributed by atoms with E-state index >= 15 is 0 Å². The average molecular weight is 466 g/mol. The van der Waals surface area contributed by atoms with E-state index in [1.807, 2.05) is 32.9 Å². The molecule has 1 aliphatic carbocycles. The number of rotatable bonds is 11. The highest BCUT2D eigenvalue weighted by molar-refractivity contribution is 7.99. The Morgan fingerprint density at radius 1 is 1.22 bits per heavy atom. The van der Waals surface area contributed by atoms with Gasteiger partial charge in [0.2, 0.25) is 0 Å². The highest BCUT2D eigenvalue weighted by atomic mass is 32.2. The van der Waals surface area contributed by atoms with Crippen molar-refractivity contribution in [2.75, 3.05) is 13.1 Å². The van der Waals surface area contributed by atoms with E-state index < -0.39 is 11.6 Å². The summed E-state index contributed by atoms with van der Waals surface area (Å²) in [6.07, 6.45) is 3.83. The molecule has 1 saturated carbocycles. The molecule has 0 amide bonds. The van der Waals surface area contributed by atoms with Crippen molar-refractivity contribution in [3.05, 3.63) is 39.8 Å². The lowest BCUT2D eigenvalue weighted by atomic mass is 9.77. The lowest BCUT2D eigenvalue weighted by Crippen LogP contribution is -2.47. The highest BCUT2D eigenvalue weighted by Gasteiger charge is 2.38. The summed E-state index contributed by atoms with van der Waals surface area (Å²) in [4.78, 5) is 10.9. The predicted octanol–water partition coefficient (Wildman–Crippen LogP) is 6.13. The first-order valence-electron chi connectivity index (χ1n) is 12.0. The van der Waals surface area contributed by atoms with Crippen molar-refractivity contribution in [2.24, 2.45) is 10.5 Å². The lowest BCUT2D eigenvalue weighted by Gasteiger charge is -2.41. The first-order chi connectivity index (χ1) is 15.0. The number of aliphatic hydroxyl groups is 1. The molecule has 6 nitrogen and oxygen atoms in total. The molecule has 1 aromatic carbocycles. The van der Waals surface area contributed by atoms with Crippen LogP contribution in [0.4, 0.5) is 0 Å². The summed E-state index contributed by atoms with van der Waals surface area (Å²) in [6.45, 7) is 15.5. The summed E-state index contributed by atoms with van der Waals surface area (Å²) >= 11 is 1.13. The first kappa shape index (κ1) is 27.3. The molecular weight excluding hydrogens is 422 g/mol. The van der Waals surface area contributed by atoms with Gasteiger partial charge in [0.15, 0.2) is 0 Å². The maximum atomic E-state index is 11.0. The Bertz CT molecular complexity index is 754. The van der Waals surface area contributed by atoms with Crippen LogP contribution in [-0.4, -0.2) is 39.3 Å². The van der Waals surface area contributed by atoms with Gasteiger partial charge in [-0.05, 0) is 69.1 Å². The van der Waals surface area contributed by atoms with Crippen molar-refractivity contribution in [2.45, 2.75) is 102 Å². The number of benzene rings is 1. The lowest BCUT2D eigenvalue weighted by molar-refractivity contribution is -0.162. The molecule has 3 unspecified atom stereocenters. The molecule has 0 saturated heterocycles. The van der Waals surface area contributed by atoms with E-state index in [4.69, 9.17) is 0 Å². The zero-order valence-electron chi connectivity index (χ0n) is 20.9. The van der Waals surface area contributed by atoms with Crippen molar-refractivity contribution >= 4 is 11.9 Å². The standard InChI is InChI=1S/C25H43N3O3S/c1-8-28(31)24(4,5)20-14-13-18(15-19(20)17(2)3)23(29)16-26-22-12-10-9-11-21(22)25(6,7)32-27-30/h13-15,17,21-23,26,29,31H,8-12,16H2,1-7H3. The fraction of sp³-hybridized carbons (Fsp3) is 0.760. The summed E-state index contributed by atoms with van der Waals surface area (Å²) in [7, 11) is 0. The maximum Gasteiger partial charge on any atom is 0.0914 e. The van der Waals surface area contributed by atoms with Gasteiger partial charge >= 0.3 is 0 Å². The smallest absolute Gasteiger partial charge is 0.0914 e. The van der Waals surface area contributed by atoms with Crippen LogP contribution in [0, 0.1) is 10.8 Å². The van der Waals surface area contributed by atoms with Crippen LogP contribution in [-0.2, 0) is 5.54 Å². The molecule has 0 aliphatic heterocycles. The Morgan fingerprint density at radius 3 is 2.47 bits per heavy atom. The van der Waals surface area contributed by atoms with Gasteiger partial charge in [0, 0.05) is 40.4 Å². The minimum Gasteiger partial charge on any atom is -0.387 e. The fourth-order valence-corrected chi connectivity index (χ4v) is 5.72. The van der Waals surface area contributed by atoms with Crippen molar-refractivity contribution < 1.29 is 10.3 Å². The molecule has 0 heterocycles. The molecule has 7 heteroatoms. The molecular formula is C25H43N3O3S. The number of aliphatic hydroxyl groups excluding tert-OH is 1. The Balaban J connectivity index is 2.18. The number of nitrogens with zero attached hydrogens (tertiary/aromatic N) is 2. The summed E-state index contributed by atoms with van der Waals surface area (Å²) in [6, 6.07) is 6.38. The molecule has 0 aromatic heterocycles. The second-order valence-corrected chi connectivity index (χ2v) is 11.9. The number of nitroso groups, excluding NO2 is 1. The third kappa shape index (κ3) is 6.32. The molecule has 2 rings (SSSR count). The third-order valence-electron chi connectivity index (χ3n) is 7.19. The maximum absolute atomic E-state index is 11.0. The minimum absolute atomic E-state index is 0.224. The second-order valence-electron chi connectivity index (χ2n) is 10.5. The molecule has 1 aliphatic rings. The molecule has 1 aromatic rings. The van der Waals surface area contributed by atoms with Crippen LogP contribution >= 0.6 is 11.9 Å². The molecule has 0 spiro atoms. The van der Waals surface area contributed by atoms with Crippen LogP contribution < -0.4 is 5.32 Å². The third-order valence-corrected chi connectivity index (χ3v) is 8.04. The first-order valence-corrected chi connectivity index (χ1v) is 12.8. The predicted molar refractivity (Wildman–Crippen MR) is 134 cm³/mol. The molecule has 32 heavy (non-hydrogen) atoms. The number of hydrogen-bond acceptors (Lipinski definition) is 7. The van der Waals surface area contributed by atoms with Gasteiger partial charge in [-0.1, -0.05) is 51.8 Å². The molecule has 3 atom stereocenters. The van der Waals surface area contributed by atoms with E-state index in [1.54, 1.807) is 0 Å². The zero-order valence-corrected chi connectivity index (χ0v) is 21.7. The van der Waals surface area contributed by atoms with Crippen molar-refractivity contribution in [1.29, 1.82) is 0 Å². The van der Waals surface area contributed by atoms with Crippen LogP contribution in [0.3, 0.4) is 0 Å². The van der Waals surface area contributed by atoms with Crippen molar-refractivity contribution in [1.82, 2.24) is 10.4 Å². The number of hydrogen-bond donors (Lipinski definition) is 3. The largest absolute Gasteiger partial charge is 0.387 e. The minimum atomic E-state index is -0.622. The van der Waals surface area contributed by atoms with E-state index in [0.717, 1.165) is 47.9 Å². The molecule has 3 N–H and O–H groups in total. The number of hydroxylamine groups is 2.